The van der Waals surface area contributed by atoms with Crippen LogP contribution >= 0.6 is 11.8 Å². The average molecular weight is 403 g/mol. The third-order valence-corrected chi connectivity index (χ3v) is 4.50. The predicted molar refractivity (Wildman–Crippen MR) is 99.5 cm³/mol. The molecule has 0 bridgehead atoms. The number of rotatable bonds is 9. The van der Waals surface area contributed by atoms with Crippen LogP contribution in [0.15, 0.2) is 45.9 Å². The van der Waals surface area contributed by atoms with Gasteiger partial charge in [0.15, 0.2) is 6.61 Å². The molecule has 0 fully saturated rings. The molecule has 1 aromatic heterocycles. The van der Waals surface area contributed by atoms with Gasteiger partial charge in [0.2, 0.25) is 0 Å². The minimum atomic E-state index is -0.845. The zero-order valence-electron chi connectivity index (χ0n) is 15.0. The fourth-order valence-electron chi connectivity index (χ4n) is 2.33. The summed E-state index contributed by atoms with van der Waals surface area (Å²) in [5.74, 6) is -0.821. The van der Waals surface area contributed by atoms with Gasteiger partial charge in [-0.1, -0.05) is 0 Å². The van der Waals surface area contributed by atoms with Crippen molar-refractivity contribution in [3.63, 3.8) is 0 Å². The summed E-state index contributed by atoms with van der Waals surface area (Å²) in [7, 11) is 0. The molecule has 0 atom stereocenters. The van der Waals surface area contributed by atoms with E-state index in [0.717, 1.165) is 6.07 Å². The van der Waals surface area contributed by atoms with Crippen LogP contribution in [0.25, 0.3) is 0 Å². The number of benzene rings is 1. The molecule has 0 radical (unpaired) electrons. The van der Waals surface area contributed by atoms with E-state index in [-0.39, 0.29) is 30.8 Å². The molecule has 0 saturated heterocycles. The van der Waals surface area contributed by atoms with Gasteiger partial charge < -0.3 is 14.1 Å². The largest absolute Gasteiger partial charge is 0.467 e. The average Bonchev–Trinajstić information content (AvgIpc) is 3.21. The Morgan fingerprint density at radius 2 is 2.18 bits per heavy atom. The van der Waals surface area contributed by atoms with Gasteiger partial charge in [0, 0.05) is 12.6 Å². The summed E-state index contributed by atoms with van der Waals surface area (Å²) < 4.78 is 10.2. The van der Waals surface area contributed by atoms with E-state index < -0.39 is 23.4 Å². The van der Waals surface area contributed by atoms with Crippen molar-refractivity contribution in [2.75, 3.05) is 19.4 Å². The van der Waals surface area contributed by atoms with Crippen LogP contribution in [0, 0.1) is 21.4 Å². The van der Waals surface area contributed by atoms with E-state index in [0.29, 0.717) is 10.7 Å². The molecule has 2 rings (SSSR count). The van der Waals surface area contributed by atoms with Crippen molar-refractivity contribution in [3.05, 3.63) is 58.0 Å². The van der Waals surface area contributed by atoms with E-state index in [1.165, 1.54) is 35.1 Å². The van der Waals surface area contributed by atoms with Crippen molar-refractivity contribution < 1.29 is 23.7 Å². The van der Waals surface area contributed by atoms with Gasteiger partial charge in [0.05, 0.1) is 40.7 Å². The smallest absolute Gasteiger partial charge is 0.338 e. The van der Waals surface area contributed by atoms with E-state index in [1.807, 2.05) is 6.07 Å². The number of hydrogen-bond acceptors (Lipinski definition) is 8. The van der Waals surface area contributed by atoms with Gasteiger partial charge in [-0.3, -0.25) is 14.9 Å². The van der Waals surface area contributed by atoms with Gasteiger partial charge in [-0.2, -0.15) is 5.26 Å². The molecule has 1 heterocycles. The second-order valence-electron chi connectivity index (χ2n) is 5.52. The number of thioether (sulfide) groups is 1. The summed E-state index contributed by atoms with van der Waals surface area (Å²) in [6.07, 6.45) is 3.27. The minimum absolute atomic E-state index is 0.0214. The number of carbonyl (C=O) groups is 2. The summed E-state index contributed by atoms with van der Waals surface area (Å²) in [4.78, 5) is 36.8. The fraction of sp³-hybridized carbons (Fsp3) is 0.278. The van der Waals surface area contributed by atoms with Crippen molar-refractivity contribution >= 4 is 29.3 Å². The molecule has 0 aliphatic carbocycles. The van der Waals surface area contributed by atoms with Crippen LogP contribution in [0.2, 0.25) is 0 Å². The van der Waals surface area contributed by atoms with Gasteiger partial charge in [-0.05, 0) is 30.5 Å². The van der Waals surface area contributed by atoms with Gasteiger partial charge >= 0.3 is 5.97 Å². The second-order valence-corrected chi connectivity index (χ2v) is 6.37. The monoisotopic (exact) mass is 403 g/mol. The van der Waals surface area contributed by atoms with Crippen molar-refractivity contribution in [2.24, 2.45) is 0 Å². The highest BCUT2D eigenvalue weighted by Crippen LogP contribution is 2.28. The van der Waals surface area contributed by atoms with Crippen molar-refractivity contribution in [2.45, 2.75) is 17.9 Å². The number of nitro groups is 1. The van der Waals surface area contributed by atoms with Gasteiger partial charge in [-0.15, -0.1) is 11.8 Å². The van der Waals surface area contributed by atoms with E-state index >= 15 is 0 Å². The van der Waals surface area contributed by atoms with Crippen LogP contribution in [0.5, 0.6) is 0 Å². The van der Waals surface area contributed by atoms with E-state index in [9.17, 15) is 19.7 Å². The lowest BCUT2D eigenvalue weighted by Crippen LogP contribution is -2.35. The third-order valence-electron chi connectivity index (χ3n) is 3.71. The molecule has 0 aliphatic rings. The number of ether oxygens (including phenoxy) is 1. The Balaban J connectivity index is 2.03. The highest BCUT2D eigenvalue weighted by Gasteiger charge is 2.20. The molecule has 0 N–H and O–H groups in total. The number of esters is 1. The molecule has 1 amide bonds. The van der Waals surface area contributed by atoms with Crippen LogP contribution in [-0.4, -0.2) is 41.1 Å². The van der Waals surface area contributed by atoms with Crippen LogP contribution in [0.4, 0.5) is 5.69 Å². The molecular formula is C18H17N3O6S. The summed E-state index contributed by atoms with van der Waals surface area (Å²) >= 11 is 1.19. The fourth-order valence-corrected chi connectivity index (χ4v) is 2.88. The standard InChI is InChI=1S/C18H17N3O6S/c1-28-16-6-5-13(10-15(16)21(24)25)18(23)27-12-17(22)20(8-3-7-19)11-14-4-2-9-26-14/h2,4-6,9-10H,3,8,11-12H2,1H3. The number of amides is 1. The summed E-state index contributed by atoms with van der Waals surface area (Å²) in [5, 5.41) is 19.9. The minimum Gasteiger partial charge on any atom is -0.467 e. The predicted octanol–water partition coefficient (Wildman–Crippen LogP) is 3.01. The van der Waals surface area contributed by atoms with Crippen LogP contribution in [-0.2, 0) is 16.1 Å². The Labute approximate surface area is 165 Å². The molecule has 2 aromatic rings. The first kappa shape index (κ1) is 21.0. The normalized spacial score (nSPS) is 10.1. The molecule has 146 valence electrons. The van der Waals surface area contributed by atoms with Crippen LogP contribution < -0.4 is 0 Å². The van der Waals surface area contributed by atoms with Gasteiger partial charge in [0.25, 0.3) is 11.6 Å². The van der Waals surface area contributed by atoms with Crippen molar-refractivity contribution in [1.82, 2.24) is 4.90 Å². The zero-order chi connectivity index (χ0) is 20.5. The zero-order valence-corrected chi connectivity index (χ0v) is 15.8. The Kier molecular flexibility index (Phi) is 7.59. The first-order valence-electron chi connectivity index (χ1n) is 8.13. The maximum Gasteiger partial charge on any atom is 0.338 e. The first-order valence-corrected chi connectivity index (χ1v) is 9.35. The number of carbonyl (C=O) groups excluding carboxylic acids is 2. The number of nitrogens with zero attached hydrogens (tertiary/aromatic N) is 3. The maximum atomic E-state index is 12.4. The van der Waals surface area contributed by atoms with Gasteiger partial charge in [-0.25, -0.2) is 4.79 Å². The highest BCUT2D eigenvalue weighted by molar-refractivity contribution is 7.98. The SMILES string of the molecule is CSc1ccc(C(=O)OCC(=O)N(CCC#N)Cc2ccco2)cc1[N+](=O)[O-]. The molecule has 0 spiro atoms. The second kappa shape index (κ2) is 10.1. The van der Waals surface area contributed by atoms with Crippen molar-refractivity contribution in [1.29, 1.82) is 5.26 Å². The Bertz CT molecular complexity index is 891. The van der Waals surface area contributed by atoms with E-state index in [2.05, 4.69) is 0 Å². The number of nitro benzene ring substituents is 1. The Morgan fingerprint density at radius 3 is 2.79 bits per heavy atom. The summed E-state index contributed by atoms with van der Waals surface area (Å²) in [6, 6.07) is 9.29. The molecule has 10 heteroatoms. The van der Waals surface area contributed by atoms with E-state index in [1.54, 1.807) is 18.4 Å². The molecule has 0 saturated carbocycles. The molecular weight excluding hydrogens is 386 g/mol. The van der Waals surface area contributed by atoms with Crippen LogP contribution in [0.1, 0.15) is 22.5 Å². The quantitative estimate of drug-likeness (QED) is 0.271. The van der Waals surface area contributed by atoms with Gasteiger partial charge in [0.1, 0.15) is 5.76 Å². The van der Waals surface area contributed by atoms with E-state index in [4.69, 9.17) is 14.4 Å². The Morgan fingerprint density at radius 1 is 1.39 bits per heavy atom. The molecule has 0 aliphatic heterocycles. The lowest BCUT2D eigenvalue weighted by Gasteiger charge is -2.20. The Hall–Kier alpha value is -3.32. The molecule has 0 unspecified atom stereocenters. The summed E-state index contributed by atoms with van der Waals surface area (Å²) in [5.41, 5.74) is -0.228. The van der Waals surface area contributed by atoms with Crippen LogP contribution in [0.3, 0.4) is 0 Å². The lowest BCUT2D eigenvalue weighted by atomic mass is 10.2. The topological polar surface area (TPSA) is 127 Å². The molecule has 28 heavy (non-hydrogen) atoms. The highest BCUT2D eigenvalue weighted by atomic mass is 32.2. The molecule has 1 aromatic carbocycles. The number of hydrogen-bond donors (Lipinski definition) is 0. The lowest BCUT2D eigenvalue weighted by molar-refractivity contribution is -0.387. The first-order chi connectivity index (χ1) is 13.5. The third kappa shape index (κ3) is 5.59. The number of nitriles is 1. The maximum absolute atomic E-state index is 12.4. The molecule has 9 nitrogen and oxygen atoms in total. The van der Waals surface area contributed by atoms with Crippen molar-refractivity contribution in [3.8, 4) is 6.07 Å². The summed E-state index contributed by atoms with van der Waals surface area (Å²) in [6.45, 7) is -0.260. The number of furan rings is 1.